The number of nitrogens with one attached hydrogen (secondary N) is 1. The molecular weight excluding hydrogens is 261 g/mol. The summed E-state index contributed by atoms with van der Waals surface area (Å²) in [5.74, 6) is -1.29. The number of aliphatic hydroxyl groups is 1. The Labute approximate surface area is 119 Å². The van der Waals surface area contributed by atoms with Crippen LogP contribution >= 0.6 is 0 Å². The van der Waals surface area contributed by atoms with Crippen LogP contribution in [0.15, 0.2) is 18.2 Å². The zero-order valence-electron chi connectivity index (χ0n) is 12.2. The zero-order chi connectivity index (χ0) is 15.2. The fourth-order valence-corrected chi connectivity index (χ4v) is 1.88. The number of rotatable bonds is 7. The van der Waals surface area contributed by atoms with Gasteiger partial charge in [0, 0.05) is 13.1 Å². The van der Waals surface area contributed by atoms with Crippen LogP contribution in [-0.4, -0.2) is 30.3 Å². The summed E-state index contributed by atoms with van der Waals surface area (Å²) < 4.78 is 18.2. The highest BCUT2D eigenvalue weighted by molar-refractivity contribution is 5.89. The molecule has 0 spiro atoms. The van der Waals surface area contributed by atoms with Crippen molar-refractivity contribution in [2.24, 2.45) is 0 Å². The van der Waals surface area contributed by atoms with E-state index < -0.39 is 17.4 Å². The molecule has 0 saturated carbocycles. The fourth-order valence-electron chi connectivity index (χ4n) is 1.88. The summed E-state index contributed by atoms with van der Waals surface area (Å²) in [4.78, 5) is 11.3. The van der Waals surface area contributed by atoms with Crippen LogP contribution in [0.2, 0.25) is 0 Å². The van der Waals surface area contributed by atoms with Crippen LogP contribution in [0.3, 0.4) is 0 Å². The Morgan fingerprint density at radius 1 is 1.40 bits per heavy atom. The number of hydrogen-bond donors (Lipinski definition) is 2. The molecule has 2 N–H and O–H groups in total. The van der Waals surface area contributed by atoms with Crippen LogP contribution in [0.25, 0.3) is 0 Å². The van der Waals surface area contributed by atoms with Gasteiger partial charge >= 0.3 is 5.97 Å². The van der Waals surface area contributed by atoms with Gasteiger partial charge in [0.15, 0.2) is 0 Å². The first-order valence-corrected chi connectivity index (χ1v) is 6.75. The van der Waals surface area contributed by atoms with Crippen LogP contribution in [0, 0.1) is 5.82 Å². The lowest BCUT2D eigenvalue weighted by Crippen LogP contribution is -2.39. The Morgan fingerprint density at radius 2 is 2.05 bits per heavy atom. The molecule has 0 saturated heterocycles. The zero-order valence-corrected chi connectivity index (χ0v) is 12.2. The van der Waals surface area contributed by atoms with Gasteiger partial charge in [-0.05, 0) is 30.5 Å². The number of carbonyl (C=O) groups excluding carboxylic acids is 1. The van der Waals surface area contributed by atoms with E-state index in [0.717, 1.165) is 0 Å². The molecule has 0 fully saturated rings. The SMILES string of the molecule is CCC(O)(CC)CNCc1ccc(C(=O)OC)c(F)c1. The number of benzene rings is 1. The molecule has 5 heteroatoms. The first kappa shape index (κ1) is 16.6. The van der Waals surface area contributed by atoms with Crippen molar-refractivity contribution in [3.63, 3.8) is 0 Å². The molecule has 112 valence electrons. The predicted molar refractivity (Wildman–Crippen MR) is 75.0 cm³/mol. The van der Waals surface area contributed by atoms with Crippen molar-refractivity contribution in [1.82, 2.24) is 5.32 Å². The van der Waals surface area contributed by atoms with Crippen LogP contribution < -0.4 is 5.32 Å². The molecule has 0 radical (unpaired) electrons. The first-order valence-electron chi connectivity index (χ1n) is 6.75. The van der Waals surface area contributed by atoms with Gasteiger partial charge in [-0.1, -0.05) is 19.9 Å². The summed E-state index contributed by atoms with van der Waals surface area (Å²) >= 11 is 0. The van der Waals surface area contributed by atoms with Crippen LogP contribution in [0.5, 0.6) is 0 Å². The summed E-state index contributed by atoms with van der Waals surface area (Å²) in [6.07, 6.45) is 1.32. The van der Waals surface area contributed by atoms with E-state index in [4.69, 9.17) is 0 Å². The second-order valence-corrected chi connectivity index (χ2v) is 4.84. The number of hydrogen-bond acceptors (Lipinski definition) is 4. The van der Waals surface area contributed by atoms with E-state index in [1.165, 1.54) is 19.2 Å². The topological polar surface area (TPSA) is 58.6 Å². The minimum Gasteiger partial charge on any atom is -0.465 e. The molecule has 0 atom stereocenters. The Hall–Kier alpha value is -1.46. The van der Waals surface area contributed by atoms with Gasteiger partial charge in [-0.15, -0.1) is 0 Å². The van der Waals surface area contributed by atoms with E-state index in [0.29, 0.717) is 31.5 Å². The molecule has 0 aliphatic rings. The van der Waals surface area contributed by atoms with E-state index in [1.54, 1.807) is 6.07 Å². The molecule has 1 rings (SSSR count). The molecule has 0 aliphatic heterocycles. The Kier molecular flexibility index (Phi) is 6.10. The highest BCUT2D eigenvalue weighted by Gasteiger charge is 2.21. The summed E-state index contributed by atoms with van der Waals surface area (Å²) in [5, 5.41) is 13.2. The van der Waals surface area contributed by atoms with Crippen molar-refractivity contribution in [3.8, 4) is 0 Å². The second-order valence-electron chi connectivity index (χ2n) is 4.84. The summed E-state index contributed by atoms with van der Waals surface area (Å²) in [7, 11) is 1.22. The normalized spacial score (nSPS) is 11.4. The highest BCUT2D eigenvalue weighted by Crippen LogP contribution is 2.14. The first-order chi connectivity index (χ1) is 9.45. The Morgan fingerprint density at radius 3 is 2.55 bits per heavy atom. The van der Waals surface area contributed by atoms with Gasteiger partial charge in [-0.3, -0.25) is 0 Å². The minimum absolute atomic E-state index is 0.0742. The van der Waals surface area contributed by atoms with Gasteiger partial charge in [-0.2, -0.15) is 0 Å². The average molecular weight is 283 g/mol. The van der Waals surface area contributed by atoms with Crippen molar-refractivity contribution in [3.05, 3.63) is 35.1 Å². The molecule has 0 heterocycles. The molecule has 20 heavy (non-hydrogen) atoms. The van der Waals surface area contributed by atoms with Gasteiger partial charge < -0.3 is 15.2 Å². The molecule has 1 aromatic carbocycles. The second kappa shape index (κ2) is 7.36. The van der Waals surface area contributed by atoms with Gasteiger partial charge in [0.25, 0.3) is 0 Å². The summed E-state index contributed by atoms with van der Waals surface area (Å²) in [6.45, 7) is 4.73. The fraction of sp³-hybridized carbons (Fsp3) is 0.533. The van der Waals surface area contributed by atoms with E-state index in [9.17, 15) is 14.3 Å². The van der Waals surface area contributed by atoms with E-state index in [-0.39, 0.29) is 5.56 Å². The maximum absolute atomic E-state index is 13.7. The van der Waals surface area contributed by atoms with E-state index >= 15 is 0 Å². The molecular formula is C15H22FNO3. The number of ether oxygens (including phenoxy) is 1. The van der Waals surface area contributed by atoms with E-state index in [1.807, 2.05) is 13.8 Å². The molecule has 0 aliphatic carbocycles. The van der Waals surface area contributed by atoms with Crippen molar-refractivity contribution in [2.75, 3.05) is 13.7 Å². The van der Waals surface area contributed by atoms with E-state index in [2.05, 4.69) is 10.1 Å². The Balaban J connectivity index is 2.62. The van der Waals surface area contributed by atoms with Crippen LogP contribution in [0.1, 0.15) is 42.6 Å². The number of halogens is 1. The van der Waals surface area contributed by atoms with Gasteiger partial charge in [0.05, 0.1) is 18.3 Å². The predicted octanol–water partition coefficient (Wildman–Crippen LogP) is 2.25. The van der Waals surface area contributed by atoms with Crippen molar-refractivity contribution < 1.29 is 19.0 Å². The average Bonchev–Trinajstić information content (AvgIpc) is 2.46. The van der Waals surface area contributed by atoms with Gasteiger partial charge in [0.2, 0.25) is 0 Å². The van der Waals surface area contributed by atoms with Crippen LogP contribution in [-0.2, 0) is 11.3 Å². The number of carbonyl (C=O) groups is 1. The molecule has 0 aromatic heterocycles. The molecule has 0 amide bonds. The van der Waals surface area contributed by atoms with Gasteiger partial charge in [0.1, 0.15) is 5.82 Å². The van der Waals surface area contributed by atoms with Crippen molar-refractivity contribution in [1.29, 1.82) is 0 Å². The van der Waals surface area contributed by atoms with Crippen molar-refractivity contribution in [2.45, 2.75) is 38.8 Å². The lowest BCUT2D eigenvalue weighted by atomic mass is 9.97. The number of methoxy groups -OCH3 is 1. The highest BCUT2D eigenvalue weighted by atomic mass is 19.1. The molecule has 4 nitrogen and oxygen atoms in total. The quantitative estimate of drug-likeness (QED) is 0.754. The maximum atomic E-state index is 13.7. The third-order valence-electron chi connectivity index (χ3n) is 3.54. The maximum Gasteiger partial charge on any atom is 0.340 e. The van der Waals surface area contributed by atoms with Crippen molar-refractivity contribution >= 4 is 5.97 Å². The standard InChI is InChI=1S/C15H22FNO3/c1-4-15(19,5-2)10-17-9-11-6-7-12(13(16)8-11)14(18)20-3/h6-8,17,19H,4-5,9-10H2,1-3H3. The minimum atomic E-state index is -0.732. The molecule has 0 unspecified atom stereocenters. The lowest BCUT2D eigenvalue weighted by Gasteiger charge is -2.25. The lowest BCUT2D eigenvalue weighted by molar-refractivity contribution is 0.0323. The number of esters is 1. The Bertz CT molecular complexity index is 458. The smallest absolute Gasteiger partial charge is 0.340 e. The largest absolute Gasteiger partial charge is 0.465 e. The molecule has 1 aromatic rings. The summed E-state index contributed by atoms with van der Waals surface area (Å²) in [5.41, 5.74) is -0.0931. The third-order valence-corrected chi connectivity index (χ3v) is 3.54. The van der Waals surface area contributed by atoms with Crippen LogP contribution in [0.4, 0.5) is 4.39 Å². The summed E-state index contributed by atoms with van der Waals surface area (Å²) in [6, 6.07) is 4.37. The monoisotopic (exact) mass is 283 g/mol. The third kappa shape index (κ3) is 4.28. The molecule has 0 bridgehead atoms. The van der Waals surface area contributed by atoms with Gasteiger partial charge in [-0.25, -0.2) is 9.18 Å².